The van der Waals surface area contributed by atoms with Crippen LogP contribution in [-0.4, -0.2) is 0 Å². The van der Waals surface area contributed by atoms with E-state index in [1.165, 1.54) is 28.4 Å². The second kappa shape index (κ2) is 6.19. The summed E-state index contributed by atoms with van der Waals surface area (Å²) < 4.78 is 1.30. The molecule has 1 aromatic rings. The molecule has 0 spiro atoms. The van der Waals surface area contributed by atoms with Gasteiger partial charge >= 0.3 is 0 Å². The topological polar surface area (TPSA) is 0 Å². The molecule has 0 bridgehead atoms. The molecular formula is C12H15I. The van der Waals surface area contributed by atoms with Gasteiger partial charge in [-0.1, -0.05) is 44.1 Å². The van der Waals surface area contributed by atoms with Crippen molar-refractivity contribution >= 4 is 28.7 Å². The molecule has 13 heavy (non-hydrogen) atoms. The van der Waals surface area contributed by atoms with Crippen molar-refractivity contribution in [1.29, 1.82) is 0 Å². The number of hydrogen-bond acceptors (Lipinski definition) is 0. The Kier molecular flexibility index (Phi) is 5.13. The van der Waals surface area contributed by atoms with Gasteiger partial charge < -0.3 is 0 Å². The Morgan fingerprint density at radius 2 is 2.23 bits per heavy atom. The number of benzene rings is 1. The van der Waals surface area contributed by atoms with Crippen molar-refractivity contribution in [3.05, 3.63) is 39.5 Å². The number of rotatable bonds is 4. The van der Waals surface area contributed by atoms with Crippen molar-refractivity contribution in [2.75, 3.05) is 0 Å². The third kappa shape index (κ3) is 4.46. The van der Waals surface area contributed by atoms with Crippen LogP contribution in [0.15, 0.2) is 30.3 Å². The van der Waals surface area contributed by atoms with Gasteiger partial charge in [0.1, 0.15) is 0 Å². The molecule has 70 valence electrons. The molecule has 0 N–H and O–H groups in total. The second-order valence-electron chi connectivity index (χ2n) is 3.10. The smallest absolute Gasteiger partial charge is 0.0136 e. The predicted octanol–water partition coefficient (Wildman–Crippen LogP) is 4.49. The number of unbranched alkanes of at least 4 members (excludes halogenated alkanes) is 2. The van der Waals surface area contributed by atoms with Gasteiger partial charge in [0.25, 0.3) is 0 Å². The highest BCUT2D eigenvalue weighted by molar-refractivity contribution is 14.1. The second-order valence-corrected chi connectivity index (χ2v) is 4.35. The average molecular weight is 286 g/mol. The van der Waals surface area contributed by atoms with Crippen LogP contribution in [0.2, 0.25) is 0 Å². The maximum absolute atomic E-state index is 2.34. The summed E-state index contributed by atoms with van der Waals surface area (Å²) in [4.78, 5) is 0. The normalized spacial score (nSPS) is 10.9. The van der Waals surface area contributed by atoms with E-state index in [1.54, 1.807) is 0 Å². The highest BCUT2D eigenvalue weighted by Crippen LogP contribution is 2.09. The van der Waals surface area contributed by atoms with Gasteiger partial charge in [-0.05, 0) is 46.7 Å². The van der Waals surface area contributed by atoms with E-state index in [2.05, 4.69) is 65.9 Å². The van der Waals surface area contributed by atoms with Crippen molar-refractivity contribution in [2.45, 2.75) is 26.2 Å². The molecule has 0 saturated heterocycles. The first-order valence-corrected chi connectivity index (χ1v) is 5.83. The molecule has 0 unspecified atom stereocenters. The summed E-state index contributed by atoms with van der Waals surface area (Å²) in [5.74, 6) is 0. The molecule has 1 aromatic carbocycles. The number of allylic oxidation sites excluding steroid dienone is 1. The van der Waals surface area contributed by atoms with E-state index in [0.29, 0.717) is 0 Å². The van der Waals surface area contributed by atoms with Gasteiger partial charge in [-0.3, -0.25) is 0 Å². The largest absolute Gasteiger partial charge is 0.0839 e. The van der Waals surface area contributed by atoms with Gasteiger partial charge in [0.2, 0.25) is 0 Å². The Hall–Kier alpha value is -0.310. The summed E-state index contributed by atoms with van der Waals surface area (Å²) in [7, 11) is 0. The summed E-state index contributed by atoms with van der Waals surface area (Å²) in [6.45, 7) is 2.22. The quantitative estimate of drug-likeness (QED) is 0.565. The van der Waals surface area contributed by atoms with Gasteiger partial charge in [0.15, 0.2) is 0 Å². The number of hydrogen-bond donors (Lipinski definition) is 0. The summed E-state index contributed by atoms with van der Waals surface area (Å²) in [6.07, 6.45) is 8.23. The summed E-state index contributed by atoms with van der Waals surface area (Å²) in [5.41, 5.74) is 1.31. The Balaban J connectivity index is 2.48. The third-order valence-electron chi connectivity index (χ3n) is 1.88. The Morgan fingerprint density at radius 3 is 2.92 bits per heavy atom. The Morgan fingerprint density at radius 1 is 1.38 bits per heavy atom. The molecule has 0 saturated carbocycles. The van der Waals surface area contributed by atoms with Crippen LogP contribution in [0, 0.1) is 3.57 Å². The molecule has 0 aliphatic heterocycles. The summed E-state index contributed by atoms with van der Waals surface area (Å²) >= 11 is 2.34. The monoisotopic (exact) mass is 286 g/mol. The first-order chi connectivity index (χ1) is 6.33. The van der Waals surface area contributed by atoms with E-state index >= 15 is 0 Å². The first kappa shape index (κ1) is 10.8. The van der Waals surface area contributed by atoms with Crippen LogP contribution in [0.3, 0.4) is 0 Å². The lowest BCUT2D eigenvalue weighted by Gasteiger charge is -1.94. The minimum Gasteiger partial charge on any atom is -0.0839 e. The van der Waals surface area contributed by atoms with E-state index in [0.717, 1.165) is 0 Å². The van der Waals surface area contributed by atoms with Crippen LogP contribution in [0.4, 0.5) is 0 Å². The lowest BCUT2D eigenvalue weighted by Crippen LogP contribution is -1.74. The fraction of sp³-hybridized carbons (Fsp3) is 0.333. The van der Waals surface area contributed by atoms with Crippen molar-refractivity contribution < 1.29 is 0 Å². The standard InChI is InChI=1S/C12H15I/c1-2-3-4-5-7-11-8-6-9-12(13)10-11/h5-10H,2-4H2,1H3. The van der Waals surface area contributed by atoms with Crippen LogP contribution in [0.25, 0.3) is 6.08 Å². The Labute approximate surface area is 94.2 Å². The lowest BCUT2D eigenvalue weighted by atomic mass is 10.2. The predicted molar refractivity (Wildman–Crippen MR) is 67.7 cm³/mol. The maximum Gasteiger partial charge on any atom is 0.0136 e. The molecule has 0 amide bonds. The molecule has 0 heterocycles. The van der Waals surface area contributed by atoms with Crippen molar-refractivity contribution in [3.63, 3.8) is 0 Å². The van der Waals surface area contributed by atoms with Crippen molar-refractivity contribution in [1.82, 2.24) is 0 Å². The fourth-order valence-corrected chi connectivity index (χ4v) is 1.72. The zero-order valence-corrected chi connectivity index (χ0v) is 10.1. The molecule has 0 aliphatic rings. The number of halogens is 1. The molecular weight excluding hydrogens is 271 g/mol. The van der Waals surface area contributed by atoms with E-state index in [9.17, 15) is 0 Å². The van der Waals surface area contributed by atoms with Crippen LogP contribution in [-0.2, 0) is 0 Å². The van der Waals surface area contributed by atoms with E-state index in [-0.39, 0.29) is 0 Å². The van der Waals surface area contributed by atoms with E-state index < -0.39 is 0 Å². The highest BCUT2D eigenvalue weighted by atomic mass is 127. The third-order valence-corrected chi connectivity index (χ3v) is 2.55. The van der Waals surface area contributed by atoms with Crippen molar-refractivity contribution in [2.24, 2.45) is 0 Å². The van der Waals surface area contributed by atoms with Gasteiger partial charge in [0.05, 0.1) is 0 Å². The molecule has 0 aromatic heterocycles. The van der Waals surface area contributed by atoms with Crippen LogP contribution in [0.5, 0.6) is 0 Å². The van der Waals surface area contributed by atoms with Crippen LogP contribution < -0.4 is 0 Å². The van der Waals surface area contributed by atoms with Gasteiger partial charge in [-0.25, -0.2) is 0 Å². The molecule has 1 heteroatoms. The summed E-state index contributed by atoms with van der Waals surface area (Å²) in [5, 5.41) is 0. The van der Waals surface area contributed by atoms with Crippen LogP contribution >= 0.6 is 22.6 Å². The van der Waals surface area contributed by atoms with Gasteiger partial charge in [-0.2, -0.15) is 0 Å². The average Bonchev–Trinajstić information content (AvgIpc) is 2.13. The molecule has 0 radical (unpaired) electrons. The maximum atomic E-state index is 2.34. The first-order valence-electron chi connectivity index (χ1n) is 4.75. The zero-order chi connectivity index (χ0) is 9.52. The van der Waals surface area contributed by atoms with Gasteiger partial charge in [-0.15, -0.1) is 0 Å². The minimum atomic E-state index is 1.20. The zero-order valence-electron chi connectivity index (χ0n) is 7.96. The summed E-state index contributed by atoms with van der Waals surface area (Å²) in [6, 6.07) is 8.55. The van der Waals surface area contributed by atoms with E-state index in [1.807, 2.05) is 0 Å². The lowest BCUT2D eigenvalue weighted by molar-refractivity contribution is 0.816. The SMILES string of the molecule is CCCCC=Cc1cccc(I)c1. The van der Waals surface area contributed by atoms with Crippen molar-refractivity contribution in [3.8, 4) is 0 Å². The molecule has 0 aliphatic carbocycles. The van der Waals surface area contributed by atoms with E-state index in [4.69, 9.17) is 0 Å². The highest BCUT2D eigenvalue weighted by Gasteiger charge is 1.87. The molecule has 0 nitrogen and oxygen atoms in total. The molecule has 1 rings (SSSR count). The fourth-order valence-electron chi connectivity index (χ4n) is 1.15. The minimum absolute atomic E-state index is 1.20. The molecule has 0 atom stereocenters. The van der Waals surface area contributed by atoms with Gasteiger partial charge in [0, 0.05) is 3.57 Å². The van der Waals surface area contributed by atoms with Crippen LogP contribution in [0.1, 0.15) is 31.7 Å². The molecule has 0 fully saturated rings. The Bertz CT molecular complexity index is 276.